The van der Waals surface area contributed by atoms with Crippen LogP contribution in [0.4, 0.5) is 73.6 Å². The number of carbonyl (C=O) groups is 3. The fourth-order valence-electron chi connectivity index (χ4n) is 18.9. The number of nitriles is 3. The second-order valence-corrected chi connectivity index (χ2v) is 37.7. The lowest BCUT2D eigenvalue weighted by atomic mass is 10.0. The topological polar surface area (TPSA) is 363 Å². The van der Waals surface area contributed by atoms with Crippen LogP contribution in [0.25, 0.3) is 83.9 Å². The minimum absolute atomic E-state index is 0.0778. The Balaban J connectivity index is 0.000000178. The number of rotatable bonds is 15. The number of hydrogen-bond acceptors (Lipinski definition) is 21. The number of halogens is 15. The Morgan fingerprint density at radius 3 is 0.787 bits per heavy atom. The highest BCUT2D eigenvalue weighted by Gasteiger charge is 2.42. The zero-order chi connectivity index (χ0) is 104. The van der Waals surface area contributed by atoms with Crippen LogP contribution in [0.3, 0.4) is 0 Å². The van der Waals surface area contributed by atoms with Gasteiger partial charge in [0, 0.05) is 110 Å². The van der Waals surface area contributed by atoms with Gasteiger partial charge in [0.2, 0.25) is 17.7 Å². The van der Waals surface area contributed by atoms with Gasteiger partial charge in [-0.1, -0.05) is 131 Å². The van der Waals surface area contributed by atoms with Crippen LogP contribution >= 0.6 is 69.6 Å². The van der Waals surface area contributed by atoms with Crippen LogP contribution in [0.5, 0.6) is 0 Å². The number of piperazine rings is 3. The average Bonchev–Trinajstić information content (AvgIpc) is 0.725. The molecule has 6 N–H and O–H groups in total. The predicted octanol–water partition coefficient (Wildman–Crippen LogP) is 20.0. The molecule has 732 valence electrons. The number of anilines is 6. The Kier molecular flexibility index (Phi) is 30.3. The monoisotopic (exact) mass is 2050 g/mol. The maximum absolute atomic E-state index is 15.5. The normalized spacial score (nSPS) is 16.6. The van der Waals surface area contributed by atoms with Crippen molar-refractivity contribution in [2.45, 2.75) is 158 Å². The minimum atomic E-state index is -1.68. The van der Waals surface area contributed by atoms with Crippen molar-refractivity contribution >= 4 is 155 Å². The number of hydrogen-bond donors (Lipinski definition) is 3. The molecule has 0 aliphatic carbocycles. The van der Waals surface area contributed by atoms with E-state index < -0.39 is 135 Å². The first kappa shape index (κ1) is 105. The molecule has 12 aromatic rings. The molecule has 15 rings (SSSR count). The molecule has 6 atom stereocenters. The van der Waals surface area contributed by atoms with Gasteiger partial charge in [-0.2, -0.15) is 15.8 Å². The summed E-state index contributed by atoms with van der Waals surface area (Å²) < 4.78 is 138. The van der Waals surface area contributed by atoms with Gasteiger partial charge in [-0.15, -0.1) is 0 Å². The van der Waals surface area contributed by atoms with Crippen molar-refractivity contribution in [1.29, 1.82) is 15.8 Å². The Labute approximate surface area is 832 Å². The van der Waals surface area contributed by atoms with E-state index in [0.29, 0.717) is 50.8 Å². The summed E-state index contributed by atoms with van der Waals surface area (Å²) in [6.45, 7) is 39.6. The third kappa shape index (κ3) is 18.1. The number of nitrogens with zero attached hydrogens (tertiary/aromatic N) is 18. The Morgan fingerprint density at radius 1 is 0.383 bits per heavy atom. The van der Waals surface area contributed by atoms with E-state index in [2.05, 4.69) is 67.8 Å². The van der Waals surface area contributed by atoms with E-state index in [1.807, 2.05) is 83.1 Å². The molecule has 141 heavy (non-hydrogen) atoms. The van der Waals surface area contributed by atoms with E-state index >= 15 is 13.2 Å². The lowest BCUT2D eigenvalue weighted by molar-refractivity contribution is -0.131. The van der Waals surface area contributed by atoms with E-state index in [4.69, 9.17) is 86.8 Å². The predicted molar refractivity (Wildman–Crippen MR) is 530 cm³/mol. The van der Waals surface area contributed by atoms with Gasteiger partial charge in [0.05, 0.1) is 117 Å². The first-order valence-electron chi connectivity index (χ1n) is 43.9. The number of amides is 3. The minimum Gasteiger partial charge on any atom is -0.396 e. The van der Waals surface area contributed by atoms with Crippen LogP contribution in [0.1, 0.15) is 151 Å². The molecule has 0 bridgehead atoms. The molecule has 42 heteroatoms. The number of fused-ring (bicyclic) bond motifs is 3. The van der Waals surface area contributed by atoms with Gasteiger partial charge >= 0.3 is 0 Å². The van der Waals surface area contributed by atoms with Gasteiger partial charge in [0.15, 0.2) is 52.4 Å². The van der Waals surface area contributed by atoms with Crippen LogP contribution in [0, 0.1) is 107 Å². The van der Waals surface area contributed by atoms with E-state index in [1.165, 1.54) is 50.1 Å². The maximum Gasteiger partial charge on any atom is 0.276 e. The second kappa shape index (κ2) is 40.8. The molecule has 3 aliphatic heterocycles. The van der Waals surface area contributed by atoms with Crippen LogP contribution in [-0.2, 0) is 14.4 Å². The number of nitrogens with two attached hydrogens (primary N) is 3. The molecule has 27 nitrogen and oxygen atoms in total. The van der Waals surface area contributed by atoms with E-state index in [-0.39, 0.29) is 193 Å². The summed E-state index contributed by atoms with van der Waals surface area (Å²) >= 11 is 37.5. The van der Waals surface area contributed by atoms with Crippen LogP contribution in [0.15, 0.2) is 107 Å². The third-order valence-electron chi connectivity index (χ3n) is 25.0. The molecule has 0 saturated carbocycles. The van der Waals surface area contributed by atoms with E-state index in [1.54, 1.807) is 87.0 Å². The highest BCUT2D eigenvalue weighted by molar-refractivity contribution is 6.36. The average molecular weight is 2050 g/mol. The fourth-order valence-corrected chi connectivity index (χ4v) is 20.1. The molecule has 3 aromatic carbocycles. The highest BCUT2D eigenvalue weighted by Crippen LogP contribution is 2.49. The number of carbonyl (C=O) groups excluding carboxylic acids is 3. The third-order valence-corrected chi connectivity index (χ3v) is 26.8. The lowest BCUT2D eigenvalue weighted by Gasteiger charge is -2.45. The summed E-state index contributed by atoms with van der Waals surface area (Å²) in [5, 5.41) is 28.0. The summed E-state index contributed by atoms with van der Waals surface area (Å²) in [6.07, 6.45) is 8.43. The molecular weight excluding hydrogens is 1960 g/mol. The second-order valence-electron chi connectivity index (χ2n) is 35.3. The smallest absolute Gasteiger partial charge is 0.276 e. The Morgan fingerprint density at radius 2 is 0.596 bits per heavy atom. The molecule has 12 heterocycles. The summed E-state index contributed by atoms with van der Waals surface area (Å²) in [5.74, 6) is -15.4. The van der Waals surface area contributed by atoms with Gasteiger partial charge in [-0.3, -0.25) is 57.4 Å². The van der Waals surface area contributed by atoms with Crippen molar-refractivity contribution in [2.24, 2.45) is 0 Å². The fraction of sp³-hybridized carbons (Fsp3) is 0.303. The highest BCUT2D eigenvalue weighted by atomic mass is 35.5. The van der Waals surface area contributed by atoms with Gasteiger partial charge in [-0.25, -0.2) is 54.5 Å². The molecule has 3 amide bonds. The number of pyridine rings is 9. The van der Waals surface area contributed by atoms with Crippen LogP contribution < -0.4 is 48.6 Å². The summed E-state index contributed by atoms with van der Waals surface area (Å²) in [7, 11) is 0. The van der Waals surface area contributed by atoms with Crippen molar-refractivity contribution in [3.05, 3.63) is 257 Å². The largest absolute Gasteiger partial charge is 0.396 e. The zero-order valence-electron chi connectivity index (χ0n) is 78.4. The quantitative estimate of drug-likeness (QED) is 0.0282. The molecule has 9 aromatic heterocycles. The summed E-state index contributed by atoms with van der Waals surface area (Å²) in [4.78, 5) is 119. The first-order chi connectivity index (χ1) is 66.5. The van der Waals surface area contributed by atoms with Gasteiger partial charge in [0.1, 0.15) is 66.9 Å². The van der Waals surface area contributed by atoms with Crippen molar-refractivity contribution in [1.82, 2.24) is 58.3 Å². The van der Waals surface area contributed by atoms with Crippen molar-refractivity contribution < 1.29 is 53.9 Å². The van der Waals surface area contributed by atoms with Gasteiger partial charge in [0.25, 0.3) is 16.7 Å². The Hall–Kier alpha value is -13.8. The van der Waals surface area contributed by atoms with Gasteiger partial charge in [-0.05, 0) is 151 Å². The standard InChI is InChI=1S/3C33H30Cl2F3N7O2/c3*1-7-21(46)44-16(5)12-43(13-17(44)6)31-18-10-20(34)29(22-24(36)23(35)25(37)26(38)27(22)40)42-32(18)45(33(47)19(31)11-39)30-15(4)8-9-41-28(30)14(2)3/h3*7-10,14,16-17H,1,12-13,40H2,2-6H3/t3*16-,17+. The van der Waals surface area contributed by atoms with Crippen molar-refractivity contribution in [3.8, 4) is 69.0 Å². The Bertz CT molecular complexity index is 6860. The lowest BCUT2D eigenvalue weighted by Crippen LogP contribution is -2.58. The maximum atomic E-state index is 15.5. The number of aromatic nitrogens is 9. The molecular formula is C99H90Cl6F9N21O6. The number of benzene rings is 3. The molecule has 0 spiro atoms. The van der Waals surface area contributed by atoms with Gasteiger partial charge < -0.3 is 46.6 Å². The number of aryl methyl sites for hydroxylation is 3. The van der Waals surface area contributed by atoms with Crippen molar-refractivity contribution in [2.75, 3.05) is 71.2 Å². The van der Waals surface area contributed by atoms with E-state index in [0.717, 1.165) is 0 Å². The summed E-state index contributed by atoms with van der Waals surface area (Å²) in [6, 6.07) is 13.2. The van der Waals surface area contributed by atoms with Crippen LogP contribution in [0.2, 0.25) is 30.1 Å². The molecule has 0 unspecified atom stereocenters. The van der Waals surface area contributed by atoms with Crippen molar-refractivity contribution in [3.63, 3.8) is 0 Å². The molecule has 3 fully saturated rings. The first-order valence-corrected chi connectivity index (χ1v) is 46.1. The molecule has 3 aliphatic rings. The van der Waals surface area contributed by atoms with E-state index in [9.17, 15) is 70.9 Å². The number of nitrogen functional groups attached to an aromatic ring is 3. The molecule has 3 saturated heterocycles. The zero-order valence-corrected chi connectivity index (χ0v) is 82.9. The summed E-state index contributed by atoms with van der Waals surface area (Å²) in [5.41, 5.74) is 13.2. The molecule has 0 radical (unpaired) electrons. The van der Waals surface area contributed by atoms with Crippen LogP contribution in [-0.4, -0.2) is 152 Å². The SMILES string of the molecule is C=CC(=O)N1[C@H](C)CN(c2c(C#N)c(=O)n(-c3c(C)ccnc3C(C)C)c3nc(-c4c(N)c(F)c(F)c(Cl)c4F)c(Cl)cc23)C[C@@H]1C.C=CC(=O)N1[C@H](C)CN(c2c(C#N)c(=O)n(-c3c(C)ccnc3C(C)C)c3nc(-c4c(N)c(F)c(F)c(Cl)c4F)c(Cl)cc23)C[C@@H]1C.C=CC(=O)N1[C@H](C)CN(c2c(C#N)c(=O)n(-c3c(C)ccnc3C(C)C)c3nc(-c4c(N)c(F)c(F)c(Cl)c4F)c(Cl)cc23)C[C@@H]1C.